The van der Waals surface area contributed by atoms with Crippen molar-refractivity contribution < 1.29 is 0 Å². The van der Waals surface area contributed by atoms with Crippen LogP contribution in [0, 0.1) is 0 Å². The van der Waals surface area contributed by atoms with Crippen LogP contribution in [0.5, 0.6) is 0 Å². The van der Waals surface area contributed by atoms with Gasteiger partial charge in [0.05, 0.1) is 0 Å². The monoisotopic (exact) mass is 262 g/mol. The predicted molar refractivity (Wildman–Crippen MR) is 78.9 cm³/mol. The summed E-state index contributed by atoms with van der Waals surface area (Å²) < 4.78 is 0. The summed E-state index contributed by atoms with van der Waals surface area (Å²) >= 11 is 0. The zero-order valence-electron chi connectivity index (χ0n) is 12.1. The van der Waals surface area contributed by atoms with Crippen molar-refractivity contribution >= 4 is 0 Å². The van der Waals surface area contributed by atoms with Gasteiger partial charge in [-0.1, -0.05) is 13.0 Å². The number of likely N-dealkylation sites (N-methyl/N-ethyl adjacent to an activating group) is 1. The van der Waals surface area contributed by atoms with Gasteiger partial charge in [-0.2, -0.15) is 0 Å². The Morgan fingerprint density at radius 2 is 2.32 bits per heavy atom. The fourth-order valence-electron chi connectivity index (χ4n) is 3.07. The predicted octanol–water partition coefficient (Wildman–Crippen LogP) is 1.50. The van der Waals surface area contributed by atoms with Crippen LogP contribution in [0.4, 0.5) is 0 Å². The highest BCUT2D eigenvalue weighted by molar-refractivity contribution is 5.15. The zero-order valence-corrected chi connectivity index (χ0v) is 12.1. The number of nitrogens with zero attached hydrogens (tertiary/aromatic N) is 3. The average molecular weight is 262 g/mol. The van der Waals surface area contributed by atoms with Gasteiger partial charge in [-0.25, -0.2) is 0 Å². The van der Waals surface area contributed by atoms with E-state index in [2.05, 4.69) is 34.8 Å². The van der Waals surface area contributed by atoms with E-state index in [-0.39, 0.29) is 0 Å². The van der Waals surface area contributed by atoms with E-state index in [9.17, 15) is 0 Å². The van der Waals surface area contributed by atoms with Crippen molar-refractivity contribution in [2.24, 2.45) is 5.73 Å². The van der Waals surface area contributed by atoms with Crippen LogP contribution in [0.3, 0.4) is 0 Å². The molecule has 1 aliphatic rings. The molecule has 19 heavy (non-hydrogen) atoms. The lowest BCUT2D eigenvalue weighted by molar-refractivity contribution is 0.131. The van der Waals surface area contributed by atoms with Crippen LogP contribution in [-0.2, 0) is 0 Å². The fourth-order valence-corrected chi connectivity index (χ4v) is 3.07. The van der Waals surface area contributed by atoms with Gasteiger partial charge in [-0.15, -0.1) is 0 Å². The average Bonchev–Trinajstić information content (AvgIpc) is 2.63. The van der Waals surface area contributed by atoms with Crippen LogP contribution in [0.1, 0.15) is 31.4 Å². The van der Waals surface area contributed by atoms with Crippen molar-refractivity contribution in [3.63, 3.8) is 0 Å². The first kappa shape index (κ1) is 14.4. The molecule has 2 rings (SSSR count). The second-order valence-corrected chi connectivity index (χ2v) is 5.45. The van der Waals surface area contributed by atoms with E-state index >= 15 is 0 Å². The molecular formula is C15H26N4. The summed E-state index contributed by atoms with van der Waals surface area (Å²) in [5.74, 6) is 0. The van der Waals surface area contributed by atoms with E-state index in [1.54, 1.807) is 0 Å². The largest absolute Gasteiger partial charge is 0.329 e. The molecule has 1 saturated heterocycles. The molecule has 1 fully saturated rings. The lowest BCUT2D eigenvalue weighted by Gasteiger charge is -2.36. The molecule has 1 aliphatic heterocycles. The molecule has 0 bridgehead atoms. The molecule has 4 nitrogen and oxygen atoms in total. The quantitative estimate of drug-likeness (QED) is 0.893. The second kappa shape index (κ2) is 6.98. The minimum atomic E-state index is 0.296. The Morgan fingerprint density at radius 3 is 2.95 bits per heavy atom. The maximum Gasteiger partial charge on any atom is 0.0489 e. The van der Waals surface area contributed by atoms with Crippen LogP contribution in [-0.4, -0.2) is 54.1 Å². The van der Waals surface area contributed by atoms with E-state index in [0.29, 0.717) is 18.6 Å². The van der Waals surface area contributed by atoms with Crippen LogP contribution in [0.2, 0.25) is 0 Å². The normalized spacial score (nSPS) is 24.1. The highest BCUT2D eigenvalue weighted by atomic mass is 15.3. The van der Waals surface area contributed by atoms with Gasteiger partial charge in [-0.05, 0) is 38.1 Å². The van der Waals surface area contributed by atoms with Crippen molar-refractivity contribution in [3.05, 3.63) is 30.1 Å². The summed E-state index contributed by atoms with van der Waals surface area (Å²) in [6.45, 7) is 6.36. The summed E-state index contributed by atoms with van der Waals surface area (Å²) in [7, 11) is 2.22. The van der Waals surface area contributed by atoms with Gasteiger partial charge in [0.2, 0.25) is 0 Å². The Hall–Kier alpha value is -0.970. The van der Waals surface area contributed by atoms with E-state index in [1.165, 1.54) is 24.9 Å². The minimum absolute atomic E-state index is 0.296. The van der Waals surface area contributed by atoms with Crippen molar-refractivity contribution in [2.45, 2.75) is 31.8 Å². The van der Waals surface area contributed by atoms with Gasteiger partial charge in [-0.3, -0.25) is 9.88 Å². The highest BCUT2D eigenvalue weighted by Gasteiger charge is 2.28. The fraction of sp³-hybridized carbons (Fsp3) is 0.667. The van der Waals surface area contributed by atoms with Crippen molar-refractivity contribution in [1.29, 1.82) is 0 Å². The third-order valence-electron chi connectivity index (χ3n) is 4.11. The minimum Gasteiger partial charge on any atom is -0.329 e. The summed E-state index contributed by atoms with van der Waals surface area (Å²) in [5, 5.41) is 0. The maximum absolute atomic E-state index is 6.06. The van der Waals surface area contributed by atoms with Crippen LogP contribution >= 0.6 is 0 Å². The topological polar surface area (TPSA) is 45.4 Å². The van der Waals surface area contributed by atoms with Gasteiger partial charge in [0.1, 0.15) is 0 Å². The Kier molecular flexibility index (Phi) is 5.31. The molecular weight excluding hydrogens is 236 g/mol. The molecule has 0 radical (unpaired) electrons. The van der Waals surface area contributed by atoms with Crippen molar-refractivity contribution in [3.8, 4) is 0 Å². The van der Waals surface area contributed by atoms with E-state index in [1.807, 2.05) is 18.5 Å². The zero-order chi connectivity index (χ0) is 13.7. The van der Waals surface area contributed by atoms with Gasteiger partial charge in [0.25, 0.3) is 0 Å². The summed E-state index contributed by atoms with van der Waals surface area (Å²) in [5.41, 5.74) is 7.30. The third kappa shape index (κ3) is 3.53. The van der Waals surface area contributed by atoms with Gasteiger partial charge in [0, 0.05) is 44.1 Å². The number of hydrogen-bond acceptors (Lipinski definition) is 4. The van der Waals surface area contributed by atoms with Crippen LogP contribution in [0.25, 0.3) is 0 Å². The Morgan fingerprint density at radius 1 is 1.47 bits per heavy atom. The number of aromatic nitrogens is 1. The van der Waals surface area contributed by atoms with Gasteiger partial charge < -0.3 is 10.6 Å². The molecule has 0 amide bonds. The number of pyridine rings is 1. The third-order valence-corrected chi connectivity index (χ3v) is 4.11. The Bertz CT molecular complexity index is 368. The molecule has 4 heteroatoms. The maximum atomic E-state index is 6.06. The summed E-state index contributed by atoms with van der Waals surface area (Å²) in [4.78, 5) is 9.26. The molecule has 2 atom stereocenters. The van der Waals surface area contributed by atoms with E-state index < -0.39 is 0 Å². The molecule has 0 aliphatic carbocycles. The molecule has 1 aromatic heterocycles. The second-order valence-electron chi connectivity index (χ2n) is 5.45. The first-order valence-electron chi connectivity index (χ1n) is 7.30. The molecule has 1 aromatic rings. The summed E-state index contributed by atoms with van der Waals surface area (Å²) in [6.07, 6.45) is 6.16. The number of rotatable bonds is 4. The van der Waals surface area contributed by atoms with Gasteiger partial charge >= 0.3 is 0 Å². The molecule has 0 aromatic carbocycles. The van der Waals surface area contributed by atoms with Crippen LogP contribution < -0.4 is 5.73 Å². The SMILES string of the molecule is CCC1CN(C)CCCN1C(CN)c1cccnc1. The molecule has 106 valence electrons. The lowest BCUT2D eigenvalue weighted by Crippen LogP contribution is -2.44. The lowest BCUT2D eigenvalue weighted by atomic mass is 10.0. The number of hydrogen-bond donors (Lipinski definition) is 1. The van der Waals surface area contributed by atoms with Crippen LogP contribution in [0.15, 0.2) is 24.5 Å². The molecule has 2 unspecified atom stereocenters. The summed E-state index contributed by atoms with van der Waals surface area (Å²) in [6, 6.07) is 5.03. The first-order valence-corrected chi connectivity index (χ1v) is 7.30. The smallest absolute Gasteiger partial charge is 0.0489 e. The van der Waals surface area contributed by atoms with Gasteiger partial charge in [0.15, 0.2) is 0 Å². The molecule has 0 spiro atoms. The van der Waals surface area contributed by atoms with E-state index in [0.717, 1.165) is 13.1 Å². The molecule has 2 heterocycles. The Labute approximate surface area is 116 Å². The molecule has 0 saturated carbocycles. The Balaban J connectivity index is 2.20. The standard InChI is InChI=1S/C15H26N4/c1-3-14-12-18(2)8-5-9-19(14)15(10-16)13-6-4-7-17-11-13/h4,6-7,11,14-15H,3,5,8-10,12,16H2,1-2H3. The van der Waals surface area contributed by atoms with E-state index in [4.69, 9.17) is 5.73 Å². The highest BCUT2D eigenvalue weighted by Crippen LogP contribution is 2.25. The van der Waals surface area contributed by atoms with Crippen molar-refractivity contribution in [1.82, 2.24) is 14.8 Å². The molecule has 2 N–H and O–H groups in total. The number of nitrogens with two attached hydrogens (primary N) is 1. The first-order chi connectivity index (χ1) is 9.26. The van der Waals surface area contributed by atoms with Crippen molar-refractivity contribution in [2.75, 3.05) is 33.2 Å².